The molecule has 3 nitrogen and oxygen atoms in total. The highest BCUT2D eigenvalue weighted by Gasteiger charge is 2.20. The highest BCUT2D eigenvalue weighted by Crippen LogP contribution is 2.31. The molecule has 1 aliphatic rings. The van der Waals surface area contributed by atoms with Crippen molar-refractivity contribution in [3.05, 3.63) is 59.4 Å². The zero-order valence-corrected chi connectivity index (χ0v) is 12.1. The number of nitrogens with zero attached hydrogens (tertiary/aromatic N) is 1. The molecule has 21 heavy (non-hydrogen) atoms. The van der Waals surface area contributed by atoms with Crippen molar-refractivity contribution in [2.24, 2.45) is 5.73 Å². The summed E-state index contributed by atoms with van der Waals surface area (Å²) in [6.07, 6.45) is 0. The molecule has 0 saturated heterocycles. The summed E-state index contributed by atoms with van der Waals surface area (Å²) >= 11 is 0. The molecular weight excluding hydrogens is 267 g/mol. The largest absolute Gasteiger partial charge is 0.491 e. The van der Waals surface area contributed by atoms with Crippen molar-refractivity contribution >= 4 is 5.69 Å². The first-order valence-corrected chi connectivity index (χ1v) is 7.16. The molecule has 1 heterocycles. The van der Waals surface area contributed by atoms with E-state index < -0.39 is 0 Å². The minimum atomic E-state index is -0.347. The first kappa shape index (κ1) is 13.9. The van der Waals surface area contributed by atoms with Gasteiger partial charge in [-0.3, -0.25) is 0 Å². The Kier molecular flexibility index (Phi) is 3.80. The Hall–Kier alpha value is -2.07. The molecule has 1 atom stereocenters. The maximum Gasteiger partial charge on any atom is 0.130 e. The van der Waals surface area contributed by atoms with E-state index >= 15 is 0 Å². The first-order valence-electron chi connectivity index (χ1n) is 7.16. The number of rotatable bonds is 2. The summed E-state index contributed by atoms with van der Waals surface area (Å²) in [5.41, 5.74) is 8.48. The zero-order valence-electron chi connectivity index (χ0n) is 12.1. The van der Waals surface area contributed by atoms with Crippen LogP contribution in [-0.2, 0) is 6.54 Å². The number of anilines is 1. The molecule has 0 spiro atoms. The summed E-state index contributed by atoms with van der Waals surface area (Å²) in [6.45, 7) is 3.79. The maximum atomic E-state index is 14.1. The topological polar surface area (TPSA) is 38.5 Å². The van der Waals surface area contributed by atoms with Gasteiger partial charge in [0.05, 0.1) is 6.54 Å². The Morgan fingerprint density at radius 2 is 2.00 bits per heavy atom. The van der Waals surface area contributed by atoms with Crippen LogP contribution in [0.15, 0.2) is 42.5 Å². The molecule has 110 valence electrons. The molecule has 0 fully saturated rings. The van der Waals surface area contributed by atoms with Crippen molar-refractivity contribution in [1.82, 2.24) is 0 Å². The molecule has 0 unspecified atom stereocenters. The van der Waals surface area contributed by atoms with E-state index in [0.29, 0.717) is 25.3 Å². The van der Waals surface area contributed by atoms with Crippen LogP contribution in [0.25, 0.3) is 0 Å². The second kappa shape index (κ2) is 5.74. The fourth-order valence-electron chi connectivity index (χ4n) is 2.78. The third kappa shape index (κ3) is 2.72. The van der Waals surface area contributed by atoms with E-state index in [-0.39, 0.29) is 11.9 Å². The number of hydrogen-bond donors (Lipinski definition) is 1. The molecule has 1 aliphatic heterocycles. The third-order valence-corrected chi connectivity index (χ3v) is 3.78. The van der Waals surface area contributed by atoms with Crippen LogP contribution in [0.1, 0.15) is 24.1 Å². The van der Waals surface area contributed by atoms with Gasteiger partial charge >= 0.3 is 0 Å². The van der Waals surface area contributed by atoms with E-state index in [9.17, 15) is 4.39 Å². The summed E-state index contributed by atoms with van der Waals surface area (Å²) in [5.74, 6) is 0.653. The quantitative estimate of drug-likeness (QED) is 0.921. The number of nitrogens with two attached hydrogens (primary N) is 1. The van der Waals surface area contributed by atoms with Crippen LogP contribution >= 0.6 is 0 Å². The number of benzene rings is 2. The number of ether oxygens (including phenoxy) is 1. The molecule has 0 aliphatic carbocycles. The molecule has 2 aromatic rings. The van der Waals surface area contributed by atoms with Crippen LogP contribution in [-0.4, -0.2) is 13.2 Å². The van der Waals surface area contributed by atoms with Gasteiger partial charge in [-0.1, -0.05) is 24.3 Å². The zero-order chi connectivity index (χ0) is 14.8. The molecule has 0 aromatic heterocycles. The second-order valence-electron chi connectivity index (χ2n) is 5.34. The Morgan fingerprint density at radius 1 is 1.19 bits per heavy atom. The molecule has 4 heteroatoms. The predicted molar refractivity (Wildman–Crippen MR) is 82.0 cm³/mol. The van der Waals surface area contributed by atoms with Crippen LogP contribution in [0, 0.1) is 5.82 Å². The van der Waals surface area contributed by atoms with Crippen LogP contribution in [0.3, 0.4) is 0 Å². The minimum absolute atomic E-state index is 0.249. The fourth-order valence-corrected chi connectivity index (χ4v) is 2.78. The van der Waals surface area contributed by atoms with Crippen molar-refractivity contribution in [1.29, 1.82) is 0 Å². The van der Waals surface area contributed by atoms with Gasteiger partial charge in [-0.05, 0) is 25.1 Å². The van der Waals surface area contributed by atoms with Gasteiger partial charge in [0.2, 0.25) is 0 Å². The smallest absolute Gasteiger partial charge is 0.130 e. The molecule has 0 saturated carbocycles. The van der Waals surface area contributed by atoms with Gasteiger partial charge in [0.15, 0.2) is 0 Å². The maximum absolute atomic E-state index is 14.1. The molecule has 0 radical (unpaired) electrons. The fraction of sp³-hybridized carbons (Fsp3) is 0.294. The van der Waals surface area contributed by atoms with E-state index in [1.165, 1.54) is 6.07 Å². The molecule has 3 rings (SSSR count). The van der Waals surface area contributed by atoms with E-state index in [4.69, 9.17) is 10.5 Å². The lowest BCUT2D eigenvalue weighted by Crippen LogP contribution is -2.27. The average molecular weight is 286 g/mol. The number of fused-ring (bicyclic) bond motifs is 1. The van der Waals surface area contributed by atoms with E-state index in [2.05, 4.69) is 4.90 Å². The molecule has 0 amide bonds. The van der Waals surface area contributed by atoms with Crippen molar-refractivity contribution < 1.29 is 9.13 Å². The minimum Gasteiger partial charge on any atom is -0.491 e. The number of para-hydroxylation sites is 1. The second-order valence-corrected chi connectivity index (χ2v) is 5.34. The van der Waals surface area contributed by atoms with Crippen LogP contribution in [0.2, 0.25) is 0 Å². The van der Waals surface area contributed by atoms with Crippen molar-refractivity contribution in [3.63, 3.8) is 0 Å². The van der Waals surface area contributed by atoms with Gasteiger partial charge in [0.25, 0.3) is 0 Å². The molecule has 2 aromatic carbocycles. The average Bonchev–Trinajstić information content (AvgIpc) is 2.68. The molecular formula is C17H19FN2O. The summed E-state index contributed by atoms with van der Waals surface area (Å²) in [5, 5.41) is 0. The van der Waals surface area contributed by atoms with Crippen LogP contribution in [0.5, 0.6) is 5.75 Å². The SMILES string of the molecule is C[C@H](N)c1c(F)cccc1N1CCOc2ccccc2C1. The predicted octanol–water partition coefficient (Wildman–Crippen LogP) is 3.24. The van der Waals surface area contributed by atoms with Gasteiger partial charge in [-0.25, -0.2) is 4.39 Å². The Bertz CT molecular complexity index is 642. The Morgan fingerprint density at radius 3 is 2.81 bits per heavy atom. The number of halogens is 1. The summed E-state index contributed by atoms with van der Waals surface area (Å²) < 4.78 is 19.9. The van der Waals surface area contributed by atoms with Crippen molar-refractivity contribution in [3.8, 4) is 5.75 Å². The number of hydrogen-bond acceptors (Lipinski definition) is 3. The van der Waals surface area contributed by atoms with Crippen LogP contribution in [0.4, 0.5) is 10.1 Å². The highest BCUT2D eigenvalue weighted by atomic mass is 19.1. The lowest BCUT2D eigenvalue weighted by Gasteiger charge is -2.26. The van der Waals surface area contributed by atoms with E-state index in [1.807, 2.05) is 37.3 Å². The van der Waals surface area contributed by atoms with Gasteiger partial charge in [-0.2, -0.15) is 0 Å². The third-order valence-electron chi connectivity index (χ3n) is 3.78. The lowest BCUT2D eigenvalue weighted by molar-refractivity contribution is 0.331. The van der Waals surface area contributed by atoms with Gasteiger partial charge in [0, 0.05) is 29.4 Å². The first-order chi connectivity index (χ1) is 10.2. The molecule has 2 N–H and O–H groups in total. The standard InChI is InChI=1S/C17H19FN2O/c1-12(19)17-14(18)6-4-7-15(17)20-9-10-21-16-8-3-2-5-13(16)11-20/h2-8,12H,9-11,19H2,1H3/t12-/m0/s1. The van der Waals surface area contributed by atoms with Crippen molar-refractivity contribution in [2.45, 2.75) is 19.5 Å². The summed E-state index contributed by atoms with van der Waals surface area (Å²) in [6, 6.07) is 12.7. The monoisotopic (exact) mass is 286 g/mol. The van der Waals surface area contributed by atoms with Gasteiger partial charge in [-0.15, -0.1) is 0 Å². The van der Waals surface area contributed by atoms with E-state index in [1.54, 1.807) is 6.07 Å². The van der Waals surface area contributed by atoms with Gasteiger partial charge in [0.1, 0.15) is 18.2 Å². The van der Waals surface area contributed by atoms with Gasteiger partial charge < -0.3 is 15.4 Å². The summed E-state index contributed by atoms with van der Waals surface area (Å²) in [7, 11) is 0. The summed E-state index contributed by atoms with van der Waals surface area (Å²) in [4.78, 5) is 2.13. The van der Waals surface area contributed by atoms with Crippen LogP contribution < -0.4 is 15.4 Å². The Labute approximate surface area is 124 Å². The highest BCUT2D eigenvalue weighted by molar-refractivity contribution is 5.57. The van der Waals surface area contributed by atoms with E-state index in [0.717, 1.165) is 17.0 Å². The Balaban J connectivity index is 2.00. The lowest BCUT2D eigenvalue weighted by atomic mass is 10.0. The molecule has 0 bridgehead atoms. The van der Waals surface area contributed by atoms with Crippen molar-refractivity contribution in [2.75, 3.05) is 18.1 Å². The normalized spacial score (nSPS) is 15.9.